The SMILES string of the molecule is Cc1ccc2cc(C(=O)NCC(O)CC(C)C)c(C)nc2c1. The minimum atomic E-state index is -0.514. The molecule has 0 bridgehead atoms. The number of carbonyl (C=O) groups is 1. The third kappa shape index (κ3) is 4.04. The number of nitrogens with zero attached hydrogens (tertiary/aromatic N) is 1. The maximum absolute atomic E-state index is 12.3. The van der Waals surface area contributed by atoms with Crippen molar-refractivity contribution < 1.29 is 9.90 Å². The summed E-state index contributed by atoms with van der Waals surface area (Å²) in [6.07, 6.45) is 0.162. The maximum atomic E-state index is 12.3. The predicted octanol–water partition coefficient (Wildman–Crippen LogP) is 2.99. The van der Waals surface area contributed by atoms with Gasteiger partial charge in [-0.3, -0.25) is 9.78 Å². The Balaban J connectivity index is 2.14. The smallest absolute Gasteiger partial charge is 0.253 e. The molecule has 1 atom stereocenters. The van der Waals surface area contributed by atoms with Crippen LogP contribution in [-0.2, 0) is 0 Å². The summed E-state index contributed by atoms with van der Waals surface area (Å²) in [6.45, 7) is 8.21. The summed E-state index contributed by atoms with van der Waals surface area (Å²) in [5.74, 6) is 0.217. The predicted molar refractivity (Wildman–Crippen MR) is 89.0 cm³/mol. The van der Waals surface area contributed by atoms with Gasteiger partial charge < -0.3 is 10.4 Å². The van der Waals surface area contributed by atoms with E-state index in [1.807, 2.05) is 52.0 Å². The molecule has 0 aliphatic heterocycles. The van der Waals surface area contributed by atoms with Crippen LogP contribution in [0.25, 0.3) is 10.9 Å². The first-order chi connectivity index (χ1) is 10.4. The first kappa shape index (κ1) is 16.4. The lowest BCUT2D eigenvalue weighted by molar-refractivity contribution is 0.0899. The van der Waals surface area contributed by atoms with Crippen LogP contribution in [0.3, 0.4) is 0 Å². The van der Waals surface area contributed by atoms with Crippen molar-refractivity contribution >= 4 is 16.8 Å². The molecule has 2 rings (SSSR count). The van der Waals surface area contributed by atoms with Gasteiger partial charge in [-0.05, 0) is 43.9 Å². The van der Waals surface area contributed by atoms with Crippen LogP contribution in [0.15, 0.2) is 24.3 Å². The highest BCUT2D eigenvalue weighted by Crippen LogP contribution is 2.18. The fraction of sp³-hybridized carbons (Fsp3) is 0.444. The number of aromatic nitrogens is 1. The van der Waals surface area contributed by atoms with E-state index in [0.717, 1.165) is 16.5 Å². The van der Waals surface area contributed by atoms with E-state index in [-0.39, 0.29) is 12.5 Å². The topological polar surface area (TPSA) is 62.2 Å². The molecular formula is C18H24N2O2. The Hall–Kier alpha value is -1.94. The first-order valence-electron chi connectivity index (χ1n) is 7.71. The molecule has 1 heterocycles. The Kier molecular flexibility index (Phi) is 5.14. The van der Waals surface area contributed by atoms with Crippen LogP contribution in [0, 0.1) is 19.8 Å². The molecule has 0 aliphatic rings. The quantitative estimate of drug-likeness (QED) is 0.892. The third-order valence-electron chi connectivity index (χ3n) is 3.65. The monoisotopic (exact) mass is 300 g/mol. The zero-order valence-corrected chi connectivity index (χ0v) is 13.7. The molecule has 0 radical (unpaired) electrons. The van der Waals surface area contributed by atoms with Gasteiger partial charge in [0.25, 0.3) is 5.91 Å². The molecule has 0 saturated carbocycles. The fourth-order valence-corrected chi connectivity index (χ4v) is 2.54. The summed E-state index contributed by atoms with van der Waals surface area (Å²) in [5.41, 5.74) is 3.31. The van der Waals surface area contributed by atoms with Gasteiger partial charge in [-0.1, -0.05) is 26.0 Å². The number of aliphatic hydroxyl groups excluding tert-OH is 1. The molecule has 118 valence electrons. The number of aryl methyl sites for hydroxylation is 2. The van der Waals surface area contributed by atoms with Gasteiger partial charge in [-0.2, -0.15) is 0 Å². The van der Waals surface area contributed by atoms with Crippen LogP contribution in [0.5, 0.6) is 0 Å². The molecule has 1 aromatic carbocycles. The van der Waals surface area contributed by atoms with E-state index in [1.165, 1.54) is 0 Å². The minimum Gasteiger partial charge on any atom is -0.391 e. The molecule has 2 N–H and O–H groups in total. The summed E-state index contributed by atoms with van der Waals surface area (Å²) >= 11 is 0. The zero-order valence-electron chi connectivity index (χ0n) is 13.7. The molecule has 0 fully saturated rings. The number of amides is 1. The van der Waals surface area contributed by atoms with E-state index in [9.17, 15) is 9.90 Å². The van der Waals surface area contributed by atoms with Crippen molar-refractivity contribution in [3.63, 3.8) is 0 Å². The van der Waals surface area contributed by atoms with Gasteiger partial charge in [0.15, 0.2) is 0 Å². The molecule has 0 aliphatic carbocycles. The van der Waals surface area contributed by atoms with Crippen LogP contribution < -0.4 is 5.32 Å². The third-order valence-corrected chi connectivity index (χ3v) is 3.65. The maximum Gasteiger partial charge on any atom is 0.253 e. The second-order valence-corrected chi connectivity index (χ2v) is 6.31. The van der Waals surface area contributed by atoms with Crippen molar-refractivity contribution in [3.8, 4) is 0 Å². The van der Waals surface area contributed by atoms with Crippen LogP contribution in [0.4, 0.5) is 0 Å². The molecule has 1 amide bonds. The Morgan fingerprint density at radius 2 is 2.00 bits per heavy atom. The number of hydrogen-bond donors (Lipinski definition) is 2. The lowest BCUT2D eigenvalue weighted by atomic mass is 10.1. The average molecular weight is 300 g/mol. The van der Waals surface area contributed by atoms with E-state index in [1.54, 1.807) is 0 Å². The lowest BCUT2D eigenvalue weighted by Gasteiger charge is -2.14. The van der Waals surface area contributed by atoms with Gasteiger partial charge >= 0.3 is 0 Å². The Labute approximate surface area is 131 Å². The van der Waals surface area contributed by atoms with Crippen molar-refractivity contribution in [3.05, 3.63) is 41.1 Å². The summed E-state index contributed by atoms with van der Waals surface area (Å²) in [5, 5.41) is 13.6. The number of hydrogen-bond acceptors (Lipinski definition) is 3. The number of rotatable bonds is 5. The molecule has 22 heavy (non-hydrogen) atoms. The molecular weight excluding hydrogens is 276 g/mol. The van der Waals surface area contributed by atoms with Gasteiger partial charge in [0.05, 0.1) is 22.9 Å². The summed E-state index contributed by atoms with van der Waals surface area (Å²) in [6, 6.07) is 7.85. The number of nitrogens with one attached hydrogen (secondary N) is 1. The largest absolute Gasteiger partial charge is 0.391 e. The highest BCUT2D eigenvalue weighted by molar-refractivity contribution is 5.98. The Morgan fingerprint density at radius 1 is 1.27 bits per heavy atom. The van der Waals surface area contributed by atoms with Crippen LogP contribution >= 0.6 is 0 Å². The highest BCUT2D eigenvalue weighted by atomic mass is 16.3. The zero-order chi connectivity index (χ0) is 16.3. The van der Waals surface area contributed by atoms with E-state index >= 15 is 0 Å². The van der Waals surface area contributed by atoms with E-state index < -0.39 is 6.10 Å². The van der Waals surface area contributed by atoms with E-state index in [4.69, 9.17) is 0 Å². The second-order valence-electron chi connectivity index (χ2n) is 6.31. The van der Waals surface area contributed by atoms with Gasteiger partial charge in [0.2, 0.25) is 0 Å². The van der Waals surface area contributed by atoms with Crippen molar-refractivity contribution in [2.75, 3.05) is 6.54 Å². The summed E-state index contributed by atoms with van der Waals surface area (Å²) in [4.78, 5) is 16.8. The number of benzene rings is 1. The number of fused-ring (bicyclic) bond motifs is 1. The summed E-state index contributed by atoms with van der Waals surface area (Å²) < 4.78 is 0. The Morgan fingerprint density at radius 3 is 2.68 bits per heavy atom. The molecule has 1 unspecified atom stereocenters. The highest BCUT2D eigenvalue weighted by Gasteiger charge is 2.14. The van der Waals surface area contributed by atoms with Gasteiger partial charge in [0, 0.05) is 11.9 Å². The molecule has 2 aromatic rings. The van der Waals surface area contributed by atoms with Crippen LogP contribution in [0.2, 0.25) is 0 Å². The van der Waals surface area contributed by atoms with Crippen LogP contribution in [0.1, 0.15) is 41.9 Å². The molecule has 0 saturated heterocycles. The number of pyridine rings is 1. The minimum absolute atomic E-state index is 0.185. The van der Waals surface area contributed by atoms with Gasteiger partial charge in [0.1, 0.15) is 0 Å². The second kappa shape index (κ2) is 6.88. The first-order valence-corrected chi connectivity index (χ1v) is 7.71. The van der Waals surface area contributed by atoms with E-state index in [2.05, 4.69) is 10.3 Å². The van der Waals surface area contributed by atoms with Crippen molar-refractivity contribution in [2.45, 2.75) is 40.2 Å². The molecule has 4 nitrogen and oxygen atoms in total. The Bertz CT molecular complexity index is 680. The molecule has 0 spiro atoms. The standard InChI is InChI=1S/C18H24N2O2/c1-11(2)7-15(21)10-19-18(22)16-9-14-6-5-12(3)8-17(14)20-13(16)4/h5-6,8-9,11,15,21H,7,10H2,1-4H3,(H,19,22). The van der Waals surface area contributed by atoms with Crippen molar-refractivity contribution in [1.82, 2.24) is 10.3 Å². The molecule has 1 aromatic heterocycles. The molecule has 4 heteroatoms. The summed E-state index contributed by atoms with van der Waals surface area (Å²) in [7, 11) is 0. The van der Waals surface area contributed by atoms with Crippen LogP contribution in [-0.4, -0.2) is 28.6 Å². The lowest BCUT2D eigenvalue weighted by Crippen LogP contribution is -2.33. The van der Waals surface area contributed by atoms with Crippen molar-refractivity contribution in [2.24, 2.45) is 5.92 Å². The number of aliphatic hydroxyl groups is 1. The van der Waals surface area contributed by atoms with Crippen molar-refractivity contribution in [1.29, 1.82) is 0 Å². The average Bonchev–Trinajstić information content (AvgIpc) is 2.43. The normalized spacial score (nSPS) is 12.6. The van der Waals surface area contributed by atoms with Gasteiger partial charge in [-0.15, -0.1) is 0 Å². The van der Waals surface area contributed by atoms with Gasteiger partial charge in [-0.25, -0.2) is 0 Å². The fourth-order valence-electron chi connectivity index (χ4n) is 2.54. The number of carbonyl (C=O) groups excluding carboxylic acids is 1. The van der Waals surface area contributed by atoms with E-state index in [0.29, 0.717) is 23.6 Å².